The molecule has 0 fully saturated rings. The summed E-state index contributed by atoms with van der Waals surface area (Å²) in [5, 5.41) is 0.521. The van der Waals surface area contributed by atoms with E-state index in [4.69, 9.17) is 21.1 Å². The molecule has 4 rings (SSSR count). The molecule has 0 spiro atoms. The van der Waals surface area contributed by atoms with E-state index in [0.29, 0.717) is 33.1 Å². The lowest BCUT2D eigenvalue weighted by Gasteiger charge is -2.17. The Morgan fingerprint density at radius 3 is 2.10 bits per heavy atom. The topological polar surface area (TPSA) is 72.9 Å². The highest BCUT2D eigenvalue weighted by molar-refractivity contribution is 6.34. The third-order valence-electron chi connectivity index (χ3n) is 4.86. The van der Waals surface area contributed by atoms with Crippen molar-refractivity contribution in [3.63, 3.8) is 0 Å². The first kappa shape index (κ1) is 20.6. The smallest absolute Gasteiger partial charge is 0.347 e. The highest BCUT2D eigenvalue weighted by Gasteiger charge is 2.36. The number of halogens is 1. The van der Waals surface area contributed by atoms with Crippen LogP contribution in [-0.2, 0) is 16.1 Å². The second-order valence-electron chi connectivity index (χ2n) is 6.94. The van der Waals surface area contributed by atoms with Gasteiger partial charge >= 0.3 is 5.97 Å². The van der Waals surface area contributed by atoms with Gasteiger partial charge in [0, 0.05) is 10.6 Å². The predicted octanol–water partition coefficient (Wildman–Crippen LogP) is 4.65. The highest BCUT2D eigenvalue weighted by atomic mass is 35.5. The molecular weight excluding hydrogens is 418 g/mol. The Morgan fingerprint density at radius 1 is 0.903 bits per heavy atom. The van der Waals surface area contributed by atoms with Crippen LogP contribution in [0.1, 0.15) is 33.2 Å². The minimum absolute atomic E-state index is 0.0465. The normalized spacial score (nSPS) is 13.7. The van der Waals surface area contributed by atoms with E-state index in [1.807, 2.05) is 6.07 Å². The minimum Gasteiger partial charge on any atom is -0.479 e. The molecule has 156 valence electrons. The molecule has 7 heteroatoms. The van der Waals surface area contributed by atoms with Crippen molar-refractivity contribution in [1.82, 2.24) is 0 Å². The number of carbonyl (C=O) groups excluding carboxylic acids is 3. The second kappa shape index (κ2) is 8.62. The molecule has 1 aliphatic rings. The van der Waals surface area contributed by atoms with Crippen LogP contribution in [0.25, 0.3) is 0 Å². The lowest BCUT2D eigenvalue weighted by molar-refractivity contribution is -0.152. The highest BCUT2D eigenvalue weighted by Crippen LogP contribution is 2.29. The molecule has 3 aromatic carbocycles. The number of nitrogens with zero attached hydrogens (tertiary/aromatic N) is 1. The Kier molecular flexibility index (Phi) is 5.73. The number of ether oxygens (including phenoxy) is 2. The number of carbonyl (C=O) groups is 3. The van der Waals surface area contributed by atoms with Crippen molar-refractivity contribution >= 4 is 35.1 Å². The molecule has 0 saturated heterocycles. The molecular formula is C24H18ClNO5. The monoisotopic (exact) mass is 435 g/mol. The van der Waals surface area contributed by atoms with Crippen LogP contribution in [-0.4, -0.2) is 23.9 Å². The van der Waals surface area contributed by atoms with E-state index in [-0.39, 0.29) is 18.4 Å². The minimum atomic E-state index is -0.854. The van der Waals surface area contributed by atoms with Crippen molar-refractivity contribution in [2.24, 2.45) is 0 Å². The molecule has 0 saturated carbocycles. The Balaban J connectivity index is 1.39. The first-order valence-electron chi connectivity index (χ1n) is 9.60. The molecule has 0 unspecified atom stereocenters. The fraction of sp³-hybridized carbons (Fsp3) is 0.125. The van der Waals surface area contributed by atoms with E-state index in [1.165, 1.54) is 0 Å². The van der Waals surface area contributed by atoms with Crippen molar-refractivity contribution < 1.29 is 23.9 Å². The molecule has 3 aromatic rings. The van der Waals surface area contributed by atoms with Gasteiger partial charge in [-0.15, -0.1) is 0 Å². The van der Waals surface area contributed by atoms with Crippen LogP contribution in [0.4, 0.5) is 5.69 Å². The number of imide groups is 1. The largest absolute Gasteiger partial charge is 0.479 e. The van der Waals surface area contributed by atoms with Gasteiger partial charge < -0.3 is 9.47 Å². The molecule has 1 heterocycles. The Bertz CT molecular complexity index is 1120. The maximum atomic E-state index is 12.6. The fourth-order valence-electron chi connectivity index (χ4n) is 3.23. The number of hydrogen-bond acceptors (Lipinski definition) is 5. The lowest BCUT2D eigenvalue weighted by Crippen LogP contribution is -2.29. The van der Waals surface area contributed by atoms with Gasteiger partial charge in [-0.1, -0.05) is 41.9 Å². The number of fused-ring (bicyclic) bond motifs is 1. The zero-order valence-electron chi connectivity index (χ0n) is 16.6. The van der Waals surface area contributed by atoms with E-state index < -0.39 is 12.1 Å². The molecule has 0 aliphatic carbocycles. The van der Waals surface area contributed by atoms with Crippen LogP contribution >= 0.6 is 11.6 Å². The van der Waals surface area contributed by atoms with Gasteiger partial charge in [0.2, 0.25) is 0 Å². The van der Waals surface area contributed by atoms with Crippen molar-refractivity contribution in [2.45, 2.75) is 19.6 Å². The summed E-state index contributed by atoms with van der Waals surface area (Å²) in [7, 11) is 0. The van der Waals surface area contributed by atoms with E-state index in [2.05, 4.69) is 0 Å². The van der Waals surface area contributed by atoms with Crippen LogP contribution in [0.5, 0.6) is 5.75 Å². The lowest BCUT2D eigenvalue weighted by atomic mass is 10.1. The fourth-order valence-corrected chi connectivity index (χ4v) is 3.42. The molecule has 0 N–H and O–H groups in total. The number of hydrogen-bond donors (Lipinski definition) is 0. The van der Waals surface area contributed by atoms with E-state index in [1.54, 1.807) is 73.7 Å². The molecule has 0 bridgehead atoms. The Morgan fingerprint density at radius 2 is 1.48 bits per heavy atom. The van der Waals surface area contributed by atoms with Gasteiger partial charge in [-0.25, -0.2) is 9.69 Å². The van der Waals surface area contributed by atoms with Crippen LogP contribution < -0.4 is 9.64 Å². The number of anilines is 1. The summed E-state index contributed by atoms with van der Waals surface area (Å²) in [6, 6.07) is 20.2. The second-order valence-corrected chi connectivity index (χ2v) is 7.35. The first-order valence-corrected chi connectivity index (χ1v) is 9.98. The standard InChI is InChI=1S/C24H18ClNO5/c1-15(24(29)30-14-16-6-2-5-9-21(16)25)31-18-12-10-17(11-13-18)26-22(27)19-7-3-4-8-20(19)23(26)28/h2-13,15H,14H2,1H3/t15-/m0/s1. The first-order chi connectivity index (χ1) is 15.0. The van der Waals surface area contributed by atoms with Crippen LogP contribution in [0, 0.1) is 0 Å². The number of rotatable bonds is 6. The van der Waals surface area contributed by atoms with Gasteiger partial charge in [-0.3, -0.25) is 9.59 Å². The average Bonchev–Trinajstić information content (AvgIpc) is 3.04. The van der Waals surface area contributed by atoms with Crippen LogP contribution in [0.3, 0.4) is 0 Å². The molecule has 0 aromatic heterocycles. The third kappa shape index (κ3) is 4.15. The van der Waals surface area contributed by atoms with Gasteiger partial charge in [0.1, 0.15) is 12.4 Å². The quantitative estimate of drug-likeness (QED) is 0.416. The number of amides is 2. The van der Waals surface area contributed by atoms with Crippen LogP contribution in [0.15, 0.2) is 72.8 Å². The summed E-state index contributed by atoms with van der Waals surface area (Å²) >= 11 is 6.06. The van der Waals surface area contributed by atoms with Crippen molar-refractivity contribution in [3.8, 4) is 5.75 Å². The van der Waals surface area contributed by atoms with Crippen molar-refractivity contribution in [1.29, 1.82) is 0 Å². The zero-order chi connectivity index (χ0) is 22.0. The molecule has 31 heavy (non-hydrogen) atoms. The summed E-state index contributed by atoms with van der Waals surface area (Å²) < 4.78 is 10.9. The third-order valence-corrected chi connectivity index (χ3v) is 5.23. The number of esters is 1. The van der Waals surface area contributed by atoms with E-state index in [9.17, 15) is 14.4 Å². The van der Waals surface area contributed by atoms with Gasteiger partial charge in [0.25, 0.3) is 11.8 Å². The Hall–Kier alpha value is -3.64. The molecule has 1 atom stereocenters. The predicted molar refractivity (Wildman–Crippen MR) is 115 cm³/mol. The molecule has 2 amide bonds. The summed E-state index contributed by atoms with van der Waals surface area (Å²) in [5.41, 5.74) is 1.88. The summed E-state index contributed by atoms with van der Waals surface area (Å²) in [5.74, 6) is -0.872. The van der Waals surface area contributed by atoms with Gasteiger partial charge in [0.15, 0.2) is 6.10 Å². The molecule has 0 radical (unpaired) electrons. The maximum Gasteiger partial charge on any atom is 0.347 e. The van der Waals surface area contributed by atoms with Gasteiger partial charge in [-0.05, 0) is 49.4 Å². The summed E-state index contributed by atoms with van der Waals surface area (Å²) in [6.45, 7) is 1.62. The van der Waals surface area contributed by atoms with E-state index in [0.717, 1.165) is 4.90 Å². The molecule has 6 nitrogen and oxygen atoms in total. The van der Waals surface area contributed by atoms with Gasteiger partial charge in [0.05, 0.1) is 16.8 Å². The summed E-state index contributed by atoms with van der Waals surface area (Å²) in [4.78, 5) is 38.5. The van der Waals surface area contributed by atoms with Crippen molar-refractivity contribution in [2.75, 3.05) is 4.90 Å². The number of benzene rings is 3. The average molecular weight is 436 g/mol. The van der Waals surface area contributed by atoms with Crippen LogP contribution in [0.2, 0.25) is 5.02 Å². The van der Waals surface area contributed by atoms with Crippen molar-refractivity contribution in [3.05, 3.63) is 94.5 Å². The molecule has 1 aliphatic heterocycles. The van der Waals surface area contributed by atoms with E-state index >= 15 is 0 Å². The summed E-state index contributed by atoms with van der Waals surface area (Å²) in [6.07, 6.45) is -0.854. The van der Waals surface area contributed by atoms with Gasteiger partial charge in [-0.2, -0.15) is 0 Å². The zero-order valence-corrected chi connectivity index (χ0v) is 17.3. The maximum absolute atomic E-state index is 12.6. The Labute approximate surface area is 184 Å². The SMILES string of the molecule is C[C@H](Oc1ccc(N2C(=O)c3ccccc3C2=O)cc1)C(=O)OCc1ccccc1Cl.